The average molecular weight is 355 g/mol. The van der Waals surface area contributed by atoms with Gasteiger partial charge in [0.25, 0.3) is 0 Å². The van der Waals surface area contributed by atoms with E-state index in [0.29, 0.717) is 12.5 Å². The van der Waals surface area contributed by atoms with Crippen molar-refractivity contribution in [2.24, 2.45) is 0 Å². The molecule has 0 spiro atoms. The Morgan fingerprint density at radius 1 is 1.23 bits per heavy atom. The molecule has 0 bridgehead atoms. The van der Waals surface area contributed by atoms with Gasteiger partial charge in [0, 0.05) is 25.7 Å². The lowest BCUT2D eigenvalue weighted by Gasteiger charge is -2.38. The van der Waals surface area contributed by atoms with Crippen molar-refractivity contribution in [2.75, 3.05) is 19.6 Å². The molecular weight excluding hydrogens is 326 g/mol. The van der Waals surface area contributed by atoms with E-state index in [1.165, 1.54) is 0 Å². The van der Waals surface area contributed by atoms with Gasteiger partial charge in [0.15, 0.2) is 0 Å². The third kappa shape index (κ3) is 3.98. The third-order valence-electron chi connectivity index (χ3n) is 5.37. The summed E-state index contributed by atoms with van der Waals surface area (Å²) >= 11 is 0. The van der Waals surface area contributed by atoms with Crippen LogP contribution in [0.1, 0.15) is 56.7 Å². The fraction of sp³-hybridized carbons (Fsp3) is 0.524. The van der Waals surface area contributed by atoms with Gasteiger partial charge < -0.3 is 15.1 Å². The van der Waals surface area contributed by atoms with Crippen LogP contribution in [0.2, 0.25) is 0 Å². The lowest BCUT2D eigenvalue weighted by atomic mass is 9.93. The minimum absolute atomic E-state index is 0.0301. The van der Waals surface area contributed by atoms with E-state index in [-0.39, 0.29) is 17.9 Å². The van der Waals surface area contributed by atoms with Gasteiger partial charge in [0.2, 0.25) is 11.8 Å². The van der Waals surface area contributed by atoms with E-state index in [1.807, 2.05) is 36.5 Å². The average Bonchev–Trinajstić information content (AvgIpc) is 2.66. The molecule has 1 fully saturated rings. The van der Waals surface area contributed by atoms with Crippen molar-refractivity contribution >= 4 is 17.9 Å². The second kappa shape index (κ2) is 8.49. The minimum Gasteiger partial charge on any atom is -0.340 e. The Kier molecular flexibility index (Phi) is 6.09. The normalized spacial score (nSPS) is 19.9. The summed E-state index contributed by atoms with van der Waals surface area (Å²) in [7, 11) is 0. The molecule has 0 aliphatic carbocycles. The second-order valence-electron chi connectivity index (χ2n) is 7.16. The van der Waals surface area contributed by atoms with Crippen LogP contribution in [0.4, 0.5) is 0 Å². The second-order valence-corrected chi connectivity index (χ2v) is 7.16. The standard InChI is InChI=1S/C21H29N3O2/c1-3-13-24(18-8-11-22-12-9-18)21(26)15-20-19-7-5-4-6-17(19)10-14-23(20)16(2)25/h4-7,10,14,18,20,22H,3,8-9,11-13,15H2,1-2H3. The molecule has 1 saturated heterocycles. The molecule has 5 nitrogen and oxygen atoms in total. The van der Waals surface area contributed by atoms with Gasteiger partial charge in [-0.15, -0.1) is 0 Å². The van der Waals surface area contributed by atoms with Gasteiger partial charge in [-0.2, -0.15) is 0 Å². The number of carbonyl (C=O) groups is 2. The Morgan fingerprint density at radius 3 is 2.65 bits per heavy atom. The fourth-order valence-corrected chi connectivity index (χ4v) is 4.07. The molecular formula is C21H29N3O2. The number of hydrogen-bond donors (Lipinski definition) is 1. The van der Waals surface area contributed by atoms with Crippen LogP contribution in [0.15, 0.2) is 30.5 Å². The number of rotatable bonds is 5. The summed E-state index contributed by atoms with van der Waals surface area (Å²) in [6.07, 6.45) is 7.07. The molecule has 1 atom stereocenters. The summed E-state index contributed by atoms with van der Waals surface area (Å²) in [6.45, 7) is 6.39. The first-order valence-electron chi connectivity index (χ1n) is 9.68. The number of fused-ring (bicyclic) bond motifs is 1. The van der Waals surface area contributed by atoms with Crippen LogP contribution >= 0.6 is 0 Å². The summed E-state index contributed by atoms with van der Waals surface area (Å²) < 4.78 is 0. The van der Waals surface area contributed by atoms with E-state index in [4.69, 9.17) is 0 Å². The largest absolute Gasteiger partial charge is 0.340 e. The first-order valence-corrected chi connectivity index (χ1v) is 9.68. The highest BCUT2D eigenvalue weighted by atomic mass is 16.2. The van der Waals surface area contributed by atoms with Crippen LogP contribution in [0.5, 0.6) is 0 Å². The summed E-state index contributed by atoms with van der Waals surface area (Å²) in [4.78, 5) is 29.1. The Balaban J connectivity index is 1.82. The number of piperidine rings is 1. The lowest BCUT2D eigenvalue weighted by molar-refractivity contribution is -0.137. The van der Waals surface area contributed by atoms with Gasteiger partial charge in [-0.05, 0) is 49.6 Å². The third-order valence-corrected chi connectivity index (χ3v) is 5.37. The molecule has 0 radical (unpaired) electrons. The minimum atomic E-state index is -0.220. The van der Waals surface area contributed by atoms with Crippen molar-refractivity contribution in [3.05, 3.63) is 41.6 Å². The highest BCUT2D eigenvalue weighted by Gasteiger charge is 2.32. The smallest absolute Gasteiger partial charge is 0.225 e. The van der Waals surface area contributed by atoms with Gasteiger partial charge >= 0.3 is 0 Å². The van der Waals surface area contributed by atoms with E-state index in [0.717, 1.165) is 50.0 Å². The molecule has 1 aromatic carbocycles. The Hall–Kier alpha value is -2.14. The van der Waals surface area contributed by atoms with Gasteiger partial charge in [-0.1, -0.05) is 31.2 Å². The quantitative estimate of drug-likeness (QED) is 0.883. The molecule has 2 aliphatic heterocycles. The first-order chi connectivity index (χ1) is 12.6. The Labute approximate surface area is 156 Å². The predicted octanol–water partition coefficient (Wildman–Crippen LogP) is 2.94. The van der Waals surface area contributed by atoms with Crippen LogP contribution in [-0.2, 0) is 9.59 Å². The number of amides is 2. The van der Waals surface area contributed by atoms with Gasteiger partial charge in [0.05, 0.1) is 12.5 Å². The number of hydrogen-bond acceptors (Lipinski definition) is 3. The van der Waals surface area contributed by atoms with Crippen LogP contribution in [0, 0.1) is 0 Å². The summed E-state index contributed by atoms with van der Waals surface area (Å²) in [5.74, 6) is 0.123. The first kappa shape index (κ1) is 18.6. The Bertz CT molecular complexity index is 680. The number of benzene rings is 1. The highest BCUT2D eigenvalue weighted by molar-refractivity contribution is 5.82. The molecule has 26 heavy (non-hydrogen) atoms. The molecule has 1 N–H and O–H groups in total. The summed E-state index contributed by atoms with van der Waals surface area (Å²) in [5, 5.41) is 3.37. The highest BCUT2D eigenvalue weighted by Crippen LogP contribution is 2.33. The molecule has 5 heteroatoms. The lowest BCUT2D eigenvalue weighted by Crippen LogP contribution is -2.47. The Morgan fingerprint density at radius 2 is 1.96 bits per heavy atom. The van der Waals surface area contributed by atoms with Gasteiger partial charge in [-0.25, -0.2) is 0 Å². The van der Waals surface area contributed by atoms with Gasteiger partial charge in [-0.3, -0.25) is 9.59 Å². The van der Waals surface area contributed by atoms with Crippen molar-refractivity contribution in [1.82, 2.24) is 15.1 Å². The molecule has 3 rings (SSSR count). The molecule has 140 valence electrons. The van der Waals surface area contributed by atoms with E-state index in [1.54, 1.807) is 11.8 Å². The molecule has 2 aliphatic rings. The molecule has 0 aromatic heterocycles. The zero-order valence-electron chi connectivity index (χ0n) is 15.8. The maximum Gasteiger partial charge on any atom is 0.225 e. The number of carbonyl (C=O) groups excluding carboxylic acids is 2. The van der Waals surface area contributed by atoms with Crippen LogP contribution in [0.3, 0.4) is 0 Å². The topological polar surface area (TPSA) is 52.7 Å². The number of nitrogens with one attached hydrogen (secondary N) is 1. The van der Waals surface area contributed by atoms with Crippen molar-refractivity contribution in [3.63, 3.8) is 0 Å². The van der Waals surface area contributed by atoms with Crippen LogP contribution in [0.25, 0.3) is 6.08 Å². The molecule has 2 heterocycles. The van der Waals surface area contributed by atoms with E-state index in [9.17, 15) is 9.59 Å². The molecule has 1 aromatic rings. The van der Waals surface area contributed by atoms with Crippen molar-refractivity contribution < 1.29 is 9.59 Å². The predicted molar refractivity (Wildman–Crippen MR) is 103 cm³/mol. The van der Waals surface area contributed by atoms with Crippen LogP contribution in [-0.4, -0.2) is 47.3 Å². The zero-order valence-corrected chi connectivity index (χ0v) is 15.8. The molecule has 0 saturated carbocycles. The fourth-order valence-electron chi connectivity index (χ4n) is 4.07. The van der Waals surface area contributed by atoms with E-state index >= 15 is 0 Å². The number of nitrogens with zero attached hydrogens (tertiary/aromatic N) is 2. The van der Waals surface area contributed by atoms with Gasteiger partial charge in [0.1, 0.15) is 0 Å². The van der Waals surface area contributed by atoms with Crippen LogP contribution < -0.4 is 5.32 Å². The SMILES string of the molecule is CCCN(C(=O)CC1c2ccccc2C=CN1C(C)=O)C1CCNCC1. The summed E-state index contributed by atoms with van der Waals surface area (Å²) in [6, 6.07) is 8.12. The van der Waals surface area contributed by atoms with E-state index < -0.39 is 0 Å². The molecule has 1 unspecified atom stereocenters. The van der Waals surface area contributed by atoms with Crippen molar-refractivity contribution in [2.45, 2.75) is 51.6 Å². The van der Waals surface area contributed by atoms with Crippen molar-refractivity contribution in [3.8, 4) is 0 Å². The van der Waals surface area contributed by atoms with E-state index in [2.05, 4.69) is 17.1 Å². The maximum absolute atomic E-state index is 13.2. The zero-order chi connectivity index (χ0) is 18.5. The molecule has 2 amide bonds. The maximum atomic E-state index is 13.2. The van der Waals surface area contributed by atoms with Crippen molar-refractivity contribution in [1.29, 1.82) is 0 Å². The monoisotopic (exact) mass is 355 g/mol. The summed E-state index contributed by atoms with van der Waals surface area (Å²) in [5.41, 5.74) is 2.15.